The first-order valence-electron chi connectivity index (χ1n) is 5.52. The molecule has 16 heavy (non-hydrogen) atoms. The van der Waals surface area contributed by atoms with Crippen LogP contribution in [0.15, 0.2) is 6.33 Å². The number of nitrogens with zero attached hydrogens (tertiary/aromatic N) is 3. The zero-order valence-electron chi connectivity index (χ0n) is 9.89. The third-order valence-corrected chi connectivity index (χ3v) is 2.28. The smallest absolute Gasteiger partial charge is 0.138 e. The summed E-state index contributed by atoms with van der Waals surface area (Å²) in [5.41, 5.74) is 0. The van der Waals surface area contributed by atoms with Crippen molar-refractivity contribution in [1.82, 2.24) is 20.1 Å². The van der Waals surface area contributed by atoms with E-state index in [9.17, 15) is 5.11 Å². The number of ether oxygens (including phenoxy) is 1. The van der Waals surface area contributed by atoms with Crippen LogP contribution < -0.4 is 5.32 Å². The second-order valence-electron chi connectivity index (χ2n) is 3.55. The SMILES string of the molecule is CCn1ncnc1CC(O)CNCCOC. The Morgan fingerprint density at radius 3 is 3.12 bits per heavy atom. The fraction of sp³-hybridized carbons (Fsp3) is 0.800. The number of aliphatic hydroxyl groups excluding tert-OH is 1. The molecule has 1 heterocycles. The van der Waals surface area contributed by atoms with E-state index in [1.165, 1.54) is 6.33 Å². The molecule has 1 aromatic heterocycles. The normalized spacial score (nSPS) is 12.9. The van der Waals surface area contributed by atoms with Gasteiger partial charge in [-0.15, -0.1) is 0 Å². The Balaban J connectivity index is 2.25. The monoisotopic (exact) mass is 228 g/mol. The van der Waals surface area contributed by atoms with Crippen molar-refractivity contribution in [1.29, 1.82) is 0 Å². The zero-order chi connectivity index (χ0) is 11.8. The number of methoxy groups -OCH3 is 1. The van der Waals surface area contributed by atoms with E-state index >= 15 is 0 Å². The van der Waals surface area contributed by atoms with E-state index in [2.05, 4.69) is 15.4 Å². The number of aromatic nitrogens is 3. The molecule has 0 aliphatic heterocycles. The van der Waals surface area contributed by atoms with Crippen LogP contribution in [0.5, 0.6) is 0 Å². The van der Waals surface area contributed by atoms with Gasteiger partial charge in [0.1, 0.15) is 12.2 Å². The van der Waals surface area contributed by atoms with Crippen LogP contribution in [0.4, 0.5) is 0 Å². The van der Waals surface area contributed by atoms with E-state index in [0.717, 1.165) is 18.9 Å². The molecule has 0 bridgehead atoms. The summed E-state index contributed by atoms with van der Waals surface area (Å²) >= 11 is 0. The lowest BCUT2D eigenvalue weighted by Gasteiger charge is -2.11. The summed E-state index contributed by atoms with van der Waals surface area (Å²) in [6, 6.07) is 0. The quantitative estimate of drug-likeness (QED) is 0.583. The maximum Gasteiger partial charge on any atom is 0.138 e. The highest BCUT2D eigenvalue weighted by atomic mass is 16.5. The highest BCUT2D eigenvalue weighted by molar-refractivity contribution is 4.87. The fourth-order valence-corrected chi connectivity index (χ4v) is 1.44. The molecule has 1 unspecified atom stereocenters. The zero-order valence-corrected chi connectivity index (χ0v) is 9.89. The summed E-state index contributed by atoms with van der Waals surface area (Å²) in [6.45, 7) is 4.71. The molecule has 0 saturated carbocycles. The van der Waals surface area contributed by atoms with Crippen LogP contribution in [0.2, 0.25) is 0 Å². The van der Waals surface area contributed by atoms with E-state index in [4.69, 9.17) is 4.74 Å². The molecule has 0 amide bonds. The molecule has 0 fully saturated rings. The lowest BCUT2D eigenvalue weighted by molar-refractivity contribution is 0.157. The molecule has 6 nitrogen and oxygen atoms in total. The van der Waals surface area contributed by atoms with Crippen LogP contribution in [-0.2, 0) is 17.7 Å². The number of hydrogen-bond acceptors (Lipinski definition) is 5. The minimum Gasteiger partial charge on any atom is -0.391 e. The van der Waals surface area contributed by atoms with Gasteiger partial charge in [0.2, 0.25) is 0 Å². The molecular formula is C10H20N4O2. The second-order valence-corrected chi connectivity index (χ2v) is 3.55. The van der Waals surface area contributed by atoms with Crippen molar-refractivity contribution in [2.45, 2.75) is 26.0 Å². The molecule has 0 radical (unpaired) electrons. The van der Waals surface area contributed by atoms with Crippen LogP contribution >= 0.6 is 0 Å². The van der Waals surface area contributed by atoms with Crippen molar-refractivity contribution >= 4 is 0 Å². The minimum absolute atomic E-state index is 0.439. The second kappa shape index (κ2) is 7.32. The maximum atomic E-state index is 9.76. The van der Waals surface area contributed by atoms with Gasteiger partial charge in [-0.3, -0.25) is 4.68 Å². The number of aryl methyl sites for hydroxylation is 1. The van der Waals surface area contributed by atoms with Crippen molar-refractivity contribution in [3.8, 4) is 0 Å². The molecule has 2 N–H and O–H groups in total. The van der Waals surface area contributed by atoms with Gasteiger partial charge in [-0.2, -0.15) is 5.10 Å². The largest absolute Gasteiger partial charge is 0.391 e. The molecule has 0 saturated heterocycles. The van der Waals surface area contributed by atoms with Gasteiger partial charge >= 0.3 is 0 Å². The van der Waals surface area contributed by atoms with Gasteiger partial charge < -0.3 is 15.2 Å². The molecular weight excluding hydrogens is 208 g/mol. The Labute approximate surface area is 95.6 Å². The average molecular weight is 228 g/mol. The first-order valence-corrected chi connectivity index (χ1v) is 5.52. The van der Waals surface area contributed by atoms with Gasteiger partial charge in [0, 0.05) is 33.2 Å². The van der Waals surface area contributed by atoms with Gasteiger partial charge in [0.05, 0.1) is 12.7 Å². The third-order valence-electron chi connectivity index (χ3n) is 2.28. The third kappa shape index (κ3) is 4.26. The van der Waals surface area contributed by atoms with Gasteiger partial charge in [-0.25, -0.2) is 4.98 Å². The predicted octanol–water partition coefficient (Wildman–Crippen LogP) is -0.563. The van der Waals surface area contributed by atoms with Crippen LogP contribution in [0, 0.1) is 0 Å². The van der Waals surface area contributed by atoms with Gasteiger partial charge in [-0.1, -0.05) is 0 Å². The van der Waals surface area contributed by atoms with Crippen LogP contribution in [0.1, 0.15) is 12.7 Å². The number of hydrogen-bond donors (Lipinski definition) is 2. The van der Waals surface area contributed by atoms with Crippen LogP contribution in [-0.4, -0.2) is 52.8 Å². The van der Waals surface area contributed by atoms with Gasteiger partial charge in [-0.05, 0) is 6.92 Å². The lowest BCUT2D eigenvalue weighted by atomic mass is 10.2. The fourth-order valence-electron chi connectivity index (χ4n) is 1.44. The maximum absolute atomic E-state index is 9.76. The predicted molar refractivity (Wildman–Crippen MR) is 60.2 cm³/mol. The molecule has 0 aromatic carbocycles. The summed E-state index contributed by atoms with van der Waals surface area (Å²) in [5, 5.41) is 16.9. The Morgan fingerprint density at radius 1 is 1.62 bits per heavy atom. The molecule has 0 spiro atoms. The topological polar surface area (TPSA) is 72.2 Å². The number of aliphatic hydroxyl groups is 1. The van der Waals surface area contributed by atoms with Crippen molar-refractivity contribution < 1.29 is 9.84 Å². The summed E-state index contributed by atoms with van der Waals surface area (Å²) in [6.07, 6.45) is 1.60. The Hall–Kier alpha value is -0.980. The lowest BCUT2D eigenvalue weighted by Crippen LogP contribution is -2.31. The Kier molecular flexibility index (Phi) is 5.99. The summed E-state index contributed by atoms with van der Waals surface area (Å²) < 4.78 is 6.69. The number of nitrogens with one attached hydrogen (secondary N) is 1. The van der Waals surface area contributed by atoms with E-state index in [0.29, 0.717) is 19.6 Å². The van der Waals surface area contributed by atoms with Crippen molar-refractivity contribution in [3.05, 3.63) is 12.2 Å². The number of rotatable bonds is 8. The van der Waals surface area contributed by atoms with Crippen molar-refractivity contribution in [2.75, 3.05) is 26.8 Å². The minimum atomic E-state index is -0.439. The first kappa shape index (κ1) is 13.1. The summed E-state index contributed by atoms with van der Waals surface area (Å²) in [7, 11) is 1.65. The van der Waals surface area contributed by atoms with E-state index in [1.54, 1.807) is 11.8 Å². The van der Waals surface area contributed by atoms with Gasteiger partial charge in [0.25, 0.3) is 0 Å². The molecule has 1 rings (SSSR count). The molecule has 6 heteroatoms. The average Bonchev–Trinajstić information content (AvgIpc) is 2.71. The standard InChI is InChI=1S/C10H20N4O2/c1-3-14-10(12-8-13-14)6-9(15)7-11-4-5-16-2/h8-9,11,15H,3-7H2,1-2H3. The first-order chi connectivity index (χ1) is 7.77. The van der Waals surface area contributed by atoms with Crippen molar-refractivity contribution in [2.24, 2.45) is 0 Å². The van der Waals surface area contributed by atoms with E-state index in [1.807, 2.05) is 6.92 Å². The highest BCUT2D eigenvalue weighted by Crippen LogP contribution is 1.98. The molecule has 92 valence electrons. The Bertz CT molecular complexity index is 290. The van der Waals surface area contributed by atoms with Gasteiger partial charge in [0.15, 0.2) is 0 Å². The summed E-state index contributed by atoms with van der Waals surface area (Å²) in [4.78, 5) is 4.11. The highest BCUT2D eigenvalue weighted by Gasteiger charge is 2.09. The van der Waals surface area contributed by atoms with Crippen LogP contribution in [0.25, 0.3) is 0 Å². The van der Waals surface area contributed by atoms with Crippen LogP contribution in [0.3, 0.4) is 0 Å². The summed E-state index contributed by atoms with van der Waals surface area (Å²) in [5.74, 6) is 0.823. The van der Waals surface area contributed by atoms with Crippen molar-refractivity contribution in [3.63, 3.8) is 0 Å². The molecule has 1 atom stereocenters. The van der Waals surface area contributed by atoms with E-state index < -0.39 is 6.10 Å². The molecule has 1 aromatic rings. The molecule has 0 aliphatic rings. The van der Waals surface area contributed by atoms with E-state index in [-0.39, 0.29) is 0 Å². The Morgan fingerprint density at radius 2 is 2.44 bits per heavy atom. The molecule has 0 aliphatic carbocycles.